The number of nitrogens with zero attached hydrogens (tertiary/aromatic N) is 1. The summed E-state index contributed by atoms with van der Waals surface area (Å²) in [5.74, 6) is 0.472. The molecule has 0 saturated heterocycles. The zero-order valence-corrected chi connectivity index (χ0v) is 13.6. The number of nitriles is 1. The van der Waals surface area contributed by atoms with E-state index in [4.69, 9.17) is 24.2 Å². The zero-order valence-electron chi connectivity index (χ0n) is 13.6. The Bertz CT molecular complexity index is 589. The summed E-state index contributed by atoms with van der Waals surface area (Å²) < 4.78 is 20.5. The van der Waals surface area contributed by atoms with Gasteiger partial charge in [0.05, 0.1) is 20.3 Å². The van der Waals surface area contributed by atoms with Gasteiger partial charge >= 0.3 is 5.97 Å². The molecule has 23 heavy (non-hydrogen) atoms. The molecule has 0 amide bonds. The van der Waals surface area contributed by atoms with Gasteiger partial charge in [-0.3, -0.25) is 0 Å². The fraction of sp³-hybridized carbons (Fsp3) is 0.412. The van der Waals surface area contributed by atoms with Crippen molar-refractivity contribution in [3.63, 3.8) is 0 Å². The Kier molecular flexibility index (Phi) is 8.25. The molecule has 0 radical (unpaired) electrons. The van der Waals surface area contributed by atoms with Crippen LogP contribution in [0.1, 0.15) is 18.9 Å². The van der Waals surface area contributed by atoms with E-state index < -0.39 is 5.97 Å². The number of rotatable bonds is 9. The van der Waals surface area contributed by atoms with E-state index in [-0.39, 0.29) is 18.8 Å². The van der Waals surface area contributed by atoms with Crippen molar-refractivity contribution in [1.82, 2.24) is 0 Å². The van der Waals surface area contributed by atoms with Gasteiger partial charge in [-0.05, 0) is 30.2 Å². The molecular formula is C17H21NO5. The molecule has 0 aliphatic carbocycles. The smallest absolute Gasteiger partial charge is 0.348 e. The summed E-state index contributed by atoms with van der Waals surface area (Å²) in [5.41, 5.74) is 0.552. The third kappa shape index (κ3) is 6.01. The summed E-state index contributed by atoms with van der Waals surface area (Å²) in [7, 11) is 3.04. The maximum atomic E-state index is 11.8. The van der Waals surface area contributed by atoms with Gasteiger partial charge in [-0.15, -0.1) is 0 Å². The average Bonchev–Trinajstić information content (AvgIpc) is 2.58. The lowest BCUT2D eigenvalue weighted by molar-refractivity contribution is -0.139. The van der Waals surface area contributed by atoms with Crippen molar-refractivity contribution < 1.29 is 23.7 Å². The van der Waals surface area contributed by atoms with Crippen molar-refractivity contribution in [1.29, 1.82) is 5.26 Å². The van der Waals surface area contributed by atoms with Gasteiger partial charge in [0, 0.05) is 7.11 Å². The predicted octanol–water partition coefficient (Wildman–Crippen LogP) is 2.58. The number of ether oxygens (including phenoxy) is 4. The highest BCUT2D eigenvalue weighted by Crippen LogP contribution is 2.29. The van der Waals surface area contributed by atoms with Crippen LogP contribution in [-0.4, -0.2) is 40.0 Å². The third-order valence-electron chi connectivity index (χ3n) is 2.82. The van der Waals surface area contributed by atoms with Crippen molar-refractivity contribution in [2.24, 2.45) is 0 Å². The molecule has 0 heterocycles. The summed E-state index contributed by atoms with van der Waals surface area (Å²) in [6, 6.07) is 7.02. The first kappa shape index (κ1) is 18.5. The lowest BCUT2D eigenvalue weighted by Gasteiger charge is -2.10. The summed E-state index contributed by atoms with van der Waals surface area (Å²) in [6.45, 7) is 2.97. The van der Waals surface area contributed by atoms with E-state index in [0.29, 0.717) is 23.7 Å². The number of hydrogen-bond acceptors (Lipinski definition) is 6. The van der Waals surface area contributed by atoms with Crippen molar-refractivity contribution in [2.45, 2.75) is 13.3 Å². The standard InChI is InChI=1S/C17H21NO5/c1-4-7-22-15-6-5-13(11-16(15)21-3)10-14(12-18)17(19)23-9-8-20-2/h5-6,10-11H,4,7-9H2,1-3H3. The molecule has 0 saturated carbocycles. The fourth-order valence-corrected chi connectivity index (χ4v) is 1.70. The van der Waals surface area contributed by atoms with Crippen LogP contribution in [0.5, 0.6) is 11.5 Å². The Morgan fingerprint density at radius 2 is 2.00 bits per heavy atom. The number of methoxy groups -OCH3 is 2. The largest absolute Gasteiger partial charge is 0.493 e. The summed E-state index contributed by atoms with van der Waals surface area (Å²) >= 11 is 0. The van der Waals surface area contributed by atoms with Crippen LogP contribution in [0.3, 0.4) is 0 Å². The molecule has 0 atom stereocenters. The molecule has 6 nitrogen and oxygen atoms in total. The van der Waals surface area contributed by atoms with E-state index in [0.717, 1.165) is 6.42 Å². The van der Waals surface area contributed by atoms with E-state index in [1.54, 1.807) is 18.2 Å². The molecular weight excluding hydrogens is 298 g/mol. The lowest BCUT2D eigenvalue weighted by atomic mass is 10.1. The highest BCUT2D eigenvalue weighted by Gasteiger charge is 2.12. The van der Waals surface area contributed by atoms with Gasteiger partial charge in [0.25, 0.3) is 0 Å². The number of carbonyl (C=O) groups excluding carboxylic acids is 1. The van der Waals surface area contributed by atoms with Crippen molar-refractivity contribution in [3.05, 3.63) is 29.3 Å². The van der Waals surface area contributed by atoms with Crippen LogP contribution >= 0.6 is 0 Å². The van der Waals surface area contributed by atoms with Crippen LogP contribution in [0, 0.1) is 11.3 Å². The second-order valence-electron chi connectivity index (χ2n) is 4.56. The van der Waals surface area contributed by atoms with E-state index in [1.807, 2.05) is 13.0 Å². The monoisotopic (exact) mass is 319 g/mol. The van der Waals surface area contributed by atoms with Crippen molar-refractivity contribution in [3.8, 4) is 17.6 Å². The number of esters is 1. The maximum absolute atomic E-state index is 11.8. The maximum Gasteiger partial charge on any atom is 0.348 e. The topological polar surface area (TPSA) is 77.8 Å². The Morgan fingerprint density at radius 1 is 1.22 bits per heavy atom. The number of carbonyl (C=O) groups is 1. The summed E-state index contributed by atoms with van der Waals surface area (Å²) in [5, 5.41) is 9.11. The lowest BCUT2D eigenvalue weighted by Crippen LogP contribution is -2.11. The Balaban J connectivity index is 2.91. The van der Waals surface area contributed by atoms with Crippen LogP contribution in [0.15, 0.2) is 23.8 Å². The molecule has 0 N–H and O–H groups in total. The van der Waals surface area contributed by atoms with Gasteiger partial charge in [-0.2, -0.15) is 5.26 Å². The van der Waals surface area contributed by atoms with E-state index in [9.17, 15) is 4.79 Å². The molecule has 0 unspecified atom stereocenters. The molecule has 1 aromatic rings. The molecule has 124 valence electrons. The predicted molar refractivity (Wildman–Crippen MR) is 85.2 cm³/mol. The first-order valence-corrected chi connectivity index (χ1v) is 7.25. The van der Waals surface area contributed by atoms with Crippen molar-refractivity contribution >= 4 is 12.0 Å². The van der Waals surface area contributed by atoms with Gasteiger partial charge in [0.1, 0.15) is 18.2 Å². The number of hydrogen-bond donors (Lipinski definition) is 0. The van der Waals surface area contributed by atoms with E-state index >= 15 is 0 Å². The second-order valence-corrected chi connectivity index (χ2v) is 4.56. The van der Waals surface area contributed by atoms with Gasteiger partial charge < -0.3 is 18.9 Å². The molecule has 6 heteroatoms. The van der Waals surface area contributed by atoms with E-state index in [2.05, 4.69) is 0 Å². The van der Waals surface area contributed by atoms with Gasteiger partial charge in [0.2, 0.25) is 0 Å². The SMILES string of the molecule is CCCOc1ccc(C=C(C#N)C(=O)OCCOC)cc1OC. The molecule has 0 aliphatic heterocycles. The van der Waals surface area contributed by atoms with Gasteiger partial charge in [-0.1, -0.05) is 13.0 Å². The van der Waals surface area contributed by atoms with Crippen molar-refractivity contribution in [2.75, 3.05) is 34.0 Å². The molecule has 1 aromatic carbocycles. The van der Waals surface area contributed by atoms with Gasteiger partial charge in [-0.25, -0.2) is 4.79 Å². The van der Waals surface area contributed by atoms with E-state index in [1.165, 1.54) is 20.3 Å². The van der Waals surface area contributed by atoms with Crippen LogP contribution in [0.4, 0.5) is 0 Å². The minimum atomic E-state index is -0.685. The van der Waals surface area contributed by atoms with Crippen LogP contribution in [-0.2, 0) is 14.3 Å². The highest BCUT2D eigenvalue weighted by molar-refractivity contribution is 5.97. The van der Waals surface area contributed by atoms with Crippen LogP contribution in [0.25, 0.3) is 6.08 Å². The normalized spacial score (nSPS) is 10.8. The Hall–Kier alpha value is -2.52. The molecule has 0 spiro atoms. The quantitative estimate of drug-likeness (QED) is 0.301. The minimum Gasteiger partial charge on any atom is -0.493 e. The Morgan fingerprint density at radius 3 is 2.61 bits per heavy atom. The first-order valence-electron chi connectivity index (χ1n) is 7.25. The fourth-order valence-electron chi connectivity index (χ4n) is 1.70. The average molecular weight is 319 g/mol. The molecule has 0 aliphatic rings. The zero-order chi connectivity index (χ0) is 17.1. The number of benzene rings is 1. The summed E-state index contributed by atoms with van der Waals surface area (Å²) in [6.07, 6.45) is 2.33. The Labute approximate surface area is 136 Å². The molecule has 1 rings (SSSR count). The van der Waals surface area contributed by atoms with Gasteiger partial charge in [0.15, 0.2) is 11.5 Å². The highest BCUT2D eigenvalue weighted by atomic mass is 16.6. The molecule has 0 fully saturated rings. The summed E-state index contributed by atoms with van der Waals surface area (Å²) in [4.78, 5) is 11.8. The first-order chi connectivity index (χ1) is 11.2. The molecule has 0 bridgehead atoms. The second kappa shape index (κ2) is 10.2. The minimum absolute atomic E-state index is 0.0922. The van der Waals surface area contributed by atoms with Crippen LogP contribution in [0.2, 0.25) is 0 Å². The van der Waals surface area contributed by atoms with Crippen LogP contribution < -0.4 is 9.47 Å². The molecule has 0 aromatic heterocycles. The third-order valence-corrected chi connectivity index (χ3v) is 2.82.